The van der Waals surface area contributed by atoms with Crippen LogP contribution in [0.1, 0.15) is 52.5 Å². The van der Waals surface area contributed by atoms with E-state index >= 15 is 0 Å². The number of aliphatic imine (C=N–C) groups is 1. The number of fused-ring (bicyclic) bond motifs is 1. The van der Waals surface area contributed by atoms with Crippen molar-refractivity contribution in [2.75, 3.05) is 18.0 Å². The fraction of sp³-hybridized carbons (Fsp3) is 0.171. The SMILES string of the molecule is C(=Nc1cc2c3c(c1)[C@@H](c1ccccc1)CCN3CC[C@@H]2c1ccccc1)c1cccc2ccccc12. The van der Waals surface area contributed by atoms with Crippen LogP contribution in [0, 0.1) is 0 Å². The molecule has 0 aromatic heterocycles. The second-order valence-electron chi connectivity index (χ2n) is 10.3. The van der Waals surface area contributed by atoms with Crippen LogP contribution in [0.3, 0.4) is 0 Å². The highest BCUT2D eigenvalue weighted by Crippen LogP contribution is 2.49. The van der Waals surface area contributed by atoms with Gasteiger partial charge < -0.3 is 4.90 Å². The van der Waals surface area contributed by atoms with Crippen LogP contribution in [0.4, 0.5) is 11.4 Å². The summed E-state index contributed by atoms with van der Waals surface area (Å²) < 4.78 is 0. The molecule has 37 heavy (non-hydrogen) atoms. The van der Waals surface area contributed by atoms with E-state index in [0.29, 0.717) is 11.8 Å². The predicted molar refractivity (Wildman–Crippen MR) is 156 cm³/mol. The largest absolute Gasteiger partial charge is 0.371 e. The zero-order valence-electron chi connectivity index (χ0n) is 20.9. The number of benzene rings is 5. The summed E-state index contributed by atoms with van der Waals surface area (Å²) >= 11 is 0. The Bertz CT molecular complexity index is 1510. The van der Waals surface area contributed by atoms with Gasteiger partial charge in [0.25, 0.3) is 0 Å². The van der Waals surface area contributed by atoms with E-state index in [-0.39, 0.29) is 0 Å². The number of rotatable bonds is 4. The van der Waals surface area contributed by atoms with E-state index < -0.39 is 0 Å². The molecular weight excluding hydrogens is 448 g/mol. The van der Waals surface area contributed by atoms with Crippen LogP contribution in [-0.4, -0.2) is 19.3 Å². The molecule has 180 valence electrons. The summed E-state index contributed by atoms with van der Waals surface area (Å²) in [6, 6.07) is 41.8. The maximum absolute atomic E-state index is 5.11. The minimum atomic E-state index is 0.397. The van der Waals surface area contributed by atoms with Crippen LogP contribution in [0.2, 0.25) is 0 Å². The average molecular weight is 479 g/mol. The first-order valence-electron chi connectivity index (χ1n) is 13.4. The molecule has 2 aliphatic rings. The molecule has 2 heterocycles. The first kappa shape index (κ1) is 22.1. The summed E-state index contributed by atoms with van der Waals surface area (Å²) in [6.45, 7) is 2.22. The molecule has 0 saturated heterocycles. The van der Waals surface area contributed by atoms with Gasteiger partial charge in [0.1, 0.15) is 0 Å². The lowest BCUT2D eigenvalue weighted by Crippen LogP contribution is -2.37. The molecule has 2 heteroatoms. The van der Waals surface area contributed by atoms with Gasteiger partial charge in [-0.2, -0.15) is 0 Å². The van der Waals surface area contributed by atoms with Crippen molar-refractivity contribution in [1.29, 1.82) is 0 Å². The molecule has 0 saturated carbocycles. The van der Waals surface area contributed by atoms with Gasteiger partial charge in [-0.1, -0.05) is 103 Å². The summed E-state index contributed by atoms with van der Waals surface area (Å²) in [4.78, 5) is 7.73. The monoisotopic (exact) mass is 478 g/mol. The van der Waals surface area contributed by atoms with Crippen molar-refractivity contribution >= 4 is 28.4 Å². The van der Waals surface area contributed by atoms with Crippen molar-refractivity contribution in [3.63, 3.8) is 0 Å². The summed E-state index contributed by atoms with van der Waals surface area (Å²) in [5.41, 5.74) is 9.32. The van der Waals surface area contributed by atoms with Gasteiger partial charge in [0.2, 0.25) is 0 Å². The van der Waals surface area contributed by atoms with E-state index in [1.54, 1.807) is 0 Å². The van der Waals surface area contributed by atoms with Gasteiger partial charge in [0, 0.05) is 42.4 Å². The molecule has 0 fully saturated rings. The zero-order valence-corrected chi connectivity index (χ0v) is 20.9. The maximum Gasteiger partial charge on any atom is 0.0637 e. The molecule has 5 aromatic rings. The maximum atomic E-state index is 5.11. The molecule has 0 bridgehead atoms. The van der Waals surface area contributed by atoms with Crippen molar-refractivity contribution in [1.82, 2.24) is 0 Å². The molecule has 0 aliphatic carbocycles. The third-order valence-electron chi connectivity index (χ3n) is 8.18. The van der Waals surface area contributed by atoms with Crippen molar-refractivity contribution in [2.45, 2.75) is 24.7 Å². The zero-order chi connectivity index (χ0) is 24.6. The standard InChI is InChI=1S/C35H30N2/c1-3-10-26(11-4-1)31-18-20-37-21-19-32(27-12-5-2-6-13-27)34-23-29(22-33(31)35(34)37)36-24-28-16-9-15-25-14-7-8-17-30(25)28/h1-17,22-24,31-32H,18-21H2/t31-,32-/m1/s1. The third-order valence-corrected chi connectivity index (χ3v) is 8.18. The van der Waals surface area contributed by atoms with Crippen LogP contribution in [-0.2, 0) is 0 Å². The van der Waals surface area contributed by atoms with Gasteiger partial charge in [0.05, 0.1) is 5.69 Å². The first-order chi connectivity index (χ1) is 18.3. The smallest absolute Gasteiger partial charge is 0.0637 e. The Hall–Kier alpha value is -4.17. The summed E-state index contributed by atoms with van der Waals surface area (Å²) in [5.74, 6) is 0.793. The van der Waals surface area contributed by atoms with Crippen molar-refractivity contribution in [2.24, 2.45) is 4.99 Å². The Morgan fingerprint density at radius 2 is 1.19 bits per heavy atom. The minimum absolute atomic E-state index is 0.397. The highest BCUT2D eigenvalue weighted by Gasteiger charge is 2.35. The van der Waals surface area contributed by atoms with Crippen LogP contribution < -0.4 is 4.90 Å². The Morgan fingerprint density at radius 1 is 0.622 bits per heavy atom. The fourth-order valence-corrected chi connectivity index (χ4v) is 6.42. The molecule has 0 N–H and O–H groups in total. The quantitative estimate of drug-likeness (QED) is 0.237. The number of hydrogen-bond donors (Lipinski definition) is 0. The predicted octanol–water partition coefficient (Wildman–Crippen LogP) is 8.47. The molecule has 2 atom stereocenters. The second kappa shape index (κ2) is 9.37. The van der Waals surface area contributed by atoms with Gasteiger partial charge in [-0.3, -0.25) is 4.99 Å². The topological polar surface area (TPSA) is 15.6 Å². The van der Waals surface area contributed by atoms with Crippen molar-refractivity contribution < 1.29 is 0 Å². The van der Waals surface area contributed by atoms with Crippen LogP contribution in [0.5, 0.6) is 0 Å². The number of hydrogen-bond acceptors (Lipinski definition) is 2. The molecule has 0 amide bonds. The molecule has 2 nitrogen and oxygen atoms in total. The van der Waals surface area contributed by atoms with E-state index in [0.717, 1.165) is 37.2 Å². The van der Waals surface area contributed by atoms with Gasteiger partial charge in [-0.15, -0.1) is 0 Å². The lowest BCUT2D eigenvalue weighted by molar-refractivity contribution is 0.571. The lowest BCUT2D eigenvalue weighted by atomic mass is 9.76. The third kappa shape index (κ3) is 4.03. The molecule has 5 aromatic carbocycles. The van der Waals surface area contributed by atoms with Crippen LogP contribution >= 0.6 is 0 Å². The number of anilines is 1. The Balaban J connectivity index is 1.39. The summed E-state index contributed by atoms with van der Waals surface area (Å²) in [7, 11) is 0. The minimum Gasteiger partial charge on any atom is -0.371 e. The molecule has 0 radical (unpaired) electrons. The van der Waals surface area contributed by atoms with E-state index in [9.17, 15) is 0 Å². The van der Waals surface area contributed by atoms with E-state index in [4.69, 9.17) is 4.99 Å². The van der Waals surface area contributed by atoms with Gasteiger partial charge in [-0.25, -0.2) is 0 Å². The average Bonchev–Trinajstić information content (AvgIpc) is 2.97. The van der Waals surface area contributed by atoms with E-state index in [1.807, 2.05) is 0 Å². The molecule has 7 rings (SSSR count). The normalized spacial score (nSPS) is 18.8. The summed E-state index contributed by atoms with van der Waals surface area (Å²) in [6.07, 6.45) is 4.33. The van der Waals surface area contributed by atoms with Gasteiger partial charge in [0.15, 0.2) is 0 Å². The molecule has 0 spiro atoms. The van der Waals surface area contributed by atoms with E-state index in [2.05, 4.69) is 126 Å². The summed E-state index contributed by atoms with van der Waals surface area (Å²) in [5, 5.41) is 2.49. The second-order valence-corrected chi connectivity index (χ2v) is 10.3. The Morgan fingerprint density at radius 3 is 1.84 bits per heavy atom. The lowest BCUT2D eigenvalue weighted by Gasteiger charge is -2.43. The van der Waals surface area contributed by atoms with Crippen molar-refractivity contribution in [3.05, 3.63) is 143 Å². The molecular formula is C35H30N2. The van der Waals surface area contributed by atoms with Crippen LogP contribution in [0.25, 0.3) is 10.8 Å². The Kier molecular flexibility index (Phi) is 5.59. The van der Waals surface area contributed by atoms with Crippen LogP contribution in [0.15, 0.2) is 120 Å². The van der Waals surface area contributed by atoms with Crippen molar-refractivity contribution in [3.8, 4) is 0 Å². The van der Waals surface area contributed by atoms with E-state index in [1.165, 1.54) is 38.7 Å². The van der Waals surface area contributed by atoms with Gasteiger partial charge in [-0.05, 0) is 58.0 Å². The highest BCUT2D eigenvalue weighted by atomic mass is 15.1. The number of nitrogens with zero attached hydrogens (tertiary/aromatic N) is 2. The Labute approximate surface area is 218 Å². The fourth-order valence-electron chi connectivity index (χ4n) is 6.42. The first-order valence-corrected chi connectivity index (χ1v) is 13.4. The highest BCUT2D eigenvalue weighted by molar-refractivity contribution is 6.00. The van der Waals surface area contributed by atoms with Gasteiger partial charge >= 0.3 is 0 Å². The molecule has 0 unspecified atom stereocenters. The molecule has 2 aliphatic heterocycles.